The minimum Gasteiger partial charge on any atom is -0.386 e. The molecule has 0 aromatic rings. The van der Waals surface area contributed by atoms with Gasteiger partial charge in [0.15, 0.2) is 0 Å². The highest BCUT2D eigenvalue weighted by Crippen LogP contribution is 1.83. The maximum absolute atomic E-state index is 10.2. The van der Waals surface area contributed by atoms with Gasteiger partial charge in [0.25, 0.3) is 0 Å². The summed E-state index contributed by atoms with van der Waals surface area (Å²) in [7, 11) is 0. The standard InChI is InChI=1S/C6H11NO3/c1-5(9)7-3-2-6(10)4-8/h4,6,10H,2-3H2,1H3,(H,7,9)/t6-/m0/s1. The fraction of sp³-hybridized carbons (Fsp3) is 0.667. The summed E-state index contributed by atoms with van der Waals surface area (Å²) in [6.45, 7) is 1.72. The van der Waals surface area contributed by atoms with Gasteiger partial charge in [-0.05, 0) is 6.42 Å². The van der Waals surface area contributed by atoms with Crippen molar-refractivity contribution < 1.29 is 14.7 Å². The van der Waals surface area contributed by atoms with Crippen LogP contribution in [0.25, 0.3) is 0 Å². The second-order valence-electron chi connectivity index (χ2n) is 1.98. The number of nitrogens with one attached hydrogen (secondary N) is 1. The van der Waals surface area contributed by atoms with E-state index in [4.69, 9.17) is 5.11 Å². The van der Waals surface area contributed by atoms with E-state index in [2.05, 4.69) is 5.32 Å². The molecule has 0 spiro atoms. The molecule has 0 heterocycles. The Labute approximate surface area is 59.2 Å². The lowest BCUT2D eigenvalue weighted by Crippen LogP contribution is -2.24. The van der Waals surface area contributed by atoms with Gasteiger partial charge in [-0.1, -0.05) is 0 Å². The number of carbonyl (C=O) groups is 2. The molecule has 0 rings (SSSR count). The smallest absolute Gasteiger partial charge is 0.216 e. The van der Waals surface area contributed by atoms with Gasteiger partial charge < -0.3 is 15.2 Å². The minimum atomic E-state index is -0.952. The zero-order valence-electron chi connectivity index (χ0n) is 5.83. The quantitative estimate of drug-likeness (QED) is 0.502. The molecule has 0 fully saturated rings. The Hall–Kier alpha value is -0.900. The van der Waals surface area contributed by atoms with E-state index in [0.29, 0.717) is 12.8 Å². The Balaban J connectivity index is 3.19. The van der Waals surface area contributed by atoms with Crippen LogP contribution in [0.3, 0.4) is 0 Å². The lowest BCUT2D eigenvalue weighted by Gasteiger charge is -2.01. The van der Waals surface area contributed by atoms with Crippen molar-refractivity contribution in [3.8, 4) is 0 Å². The molecule has 0 saturated carbocycles. The number of aldehydes is 1. The molecule has 0 unspecified atom stereocenters. The number of aliphatic hydroxyl groups excluding tert-OH is 1. The second kappa shape index (κ2) is 4.93. The molecule has 4 heteroatoms. The molecule has 0 aliphatic heterocycles. The molecule has 0 aliphatic rings. The Bertz CT molecular complexity index is 124. The van der Waals surface area contributed by atoms with Gasteiger partial charge in [0.2, 0.25) is 5.91 Å². The lowest BCUT2D eigenvalue weighted by atomic mass is 10.3. The first-order valence-corrected chi connectivity index (χ1v) is 3.04. The van der Waals surface area contributed by atoms with E-state index >= 15 is 0 Å². The van der Waals surface area contributed by atoms with Crippen LogP contribution in [0.2, 0.25) is 0 Å². The predicted octanol–water partition coefficient (Wildman–Crippen LogP) is -0.928. The zero-order valence-corrected chi connectivity index (χ0v) is 5.83. The number of aliphatic hydroxyl groups is 1. The van der Waals surface area contributed by atoms with E-state index < -0.39 is 6.10 Å². The van der Waals surface area contributed by atoms with Gasteiger partial charge in [0, 0.05) is 13.5 Å². The molecular weight excluding hydrogens is 134 g/mol. The van der Waals surface area contributed by atoms with Crippen molar-refractivity contribution in [2.24, 2.45) is 0 Å². The summed E-state index contributed by atoms with van der Waals surface area (Å²) < 4.78 is 0. The molecule has 0 aromatic heterocycles. The summed E-state index contributed by atoms with van der Waals surface area (Å²) in [6, 6.07) is 0. The van der Waals surface area contributed by atoms with Crippen LogP contribution >= 0.6 is 0 Å². The van der Waals surface area contributed by atoms with Gasteiger partial charge in [-0.25, -0.2) is 0 Å². The molecule has 0 bridgehead atoms. The van der Waals surface area contributed by atoms with Crippen LogP contribution in [0.1, 0.15) is 13.3 Å². The van der Waals surface area contributed by atoms with Crippen molar-refractivity contribution in [2.45, 2.75) is 19.4 Å². The third-order valence-corrected chi connectivity index (χ3v) is 0.971. The molecule has 0 aromatic carbocycles. The van der Waals surface area contributed by atoms with E-state index in [1.807, 2.05) is 0 Å². The molecule has 0 radical (unpaired) electrons. The van der Waals surface area contributed by atoms with Crippen LogP contribution in [0, 0.1) is 0 Å². The first-order chi connectivity index (χ1) is 4.66. The summed E-state index contributed by atoms with van der Waals surface area (Å²) in [5, 5.41) is 11.1. The van der Waals surface area contributed by atoms with Crippen LogP contribution in [0.5, 0.6) is 0 Å². The first kappa shape index (κ1) is 9.10. The van der Waals surface area contributed by atoms with Crippen LogP contribution < -0.4 is 5.32 Å². The highest BCUT2D eigenvalue weighted by Gasteiger charge is 1.99. The molecule has 1 amide bonds. The summed E-state index contributed by atoms with van der Waals surface area (Å²) in [6.07, 6.45) is -0.225. The summed E-state index contributed by atoms with van der Waals surface area (Å²) in [5.74, 6) is -0.155. The van der Waals surface area contributed by atoms with E-state index in [9.17, 15) is 9.59 Å². The molecule has 4 nitrogen and oxygen atoms in total. The van der Waals surface area contributed by atoms with Crippen molar-refractivity contribution in [3.05, 3.63) is 0 Å². The monoisotopic (exact) mass is 145 g/mol. The molecule has 1 atom stereocenters. The topological polar surface area (TPSA) is 66.4 Å². The van der Waals surface area contributed by atoms with Gasteiger partial charge in [-0.3, -0.25) is 4.79 Å². The molecule has 0 aliphatic carbocycles. The van der Waals surface area contributed by atoms with Crippen LogP contribution in [0.4, 0.5) is 0 Å². The van der Waals surface area contributed by atoms with Crippen molar-refractivity contribution in [1.29, 1.82) is 0 Å². The van der Waals surface area contributed by atoms with Crippen molar-refractivity contribution in [3.63, 3.8) is 0 Å². The van der Waals surface area contributed by atoms with E-state index in [1.165, 1.54) is 6.92 Å². The average molecular weight is 145 g/mol. The summed E-state index contributed by atoms with van der Waals surface area (Å²) >= 11 is 0. The van der Waals surface area contributed by atoms with Crippen molar-refractivity contribution in [2.75, 3.05) is 6.54 Å². The van der Waals surface area contributed by atoms with Crippen molar-refractivity contribution in [1.82, 2.24) is 5.32 Å². The molecule has 2 N–H and O–H groups in total. The van der Waals surface area contributed by atoms with Gasteiger partial charge in [0.1, 0.15) is 12.4 Å². The Morgan fingerprint density at radius 2 is 2.40 bits per heavy atom. The predicted molar refractivity (Wildman–Crippen MR) is 35.4 cm³/mol. The maximum atomic E-state index is 10.2. The van der Waals surface area contributed by atoms with Gasteiger partial charge >= 0.3 is 0 Å². The summed E-state index contributed by atoms with van der Waals surface area (Å²) in [4.78, 5) is 20.1. The normalized spacial score (nSPS) is 12.2. The van der Waals surface area contributed by atoms with Gasteiger partial charge in [-0.15, -0.1) is 0 Å². The Kier molecular flexibility index (Phi) is 4.49. The number of rotatable bonds is 4. The Morgan fingerprint density at radius 1 is 1.80 bits per heavy atom. The third kappa shape index (κ3) is 5.24. The average Bonchev–Trinajstić information content (AvgIpc) is 1.87. The second-order valence-corrected chi connectivity index (χ2v) is 1.98. The fourth-order valence-corrected chi connectivity index (χ4v) is 0.464. The lowest BCUT2D eigenvalue weighted by molar-refractivity contribution is -0.120. The molecule has 58 valence electrons. The Morgan fingerprint density at radius 3 is 2.80 bits per heavy atom. The highest BCUT2D eigenvalue weighted by molar-refractivity contribution is 5.72. The van der Waals surface area contributed by atoms with Crippen LogP contribution in [-0.4, -0.2) is 29.9 Å². The molecule has 0 saturated heterocycles. The van der Waals surface area contributed by atoms with E-state index in [1.54, 1.807) is 0 Å². The third-order valence-electron chi connectivity index (χ3n) is 0.971. The zero-order chi connectivity index (χ0) is 7.98. The summed E-state index contributed by atoms with van der Waals surface area (Å²) in [5.41, 5.74) is 0. The molecule has 10 heavy (non-hydrogen) atoms. The van der Waals surface area contributed by atoms with Gasteiger partial charge in [0.05, 0.1) is 0 Å². The largest absolute Gasteiger partial charge is 0.386 e. The van der Waals surface area contributed by atoms with Crippen molar-refractivity contribution >= 4 is 12.2 Å². The highest BCUT2D eigenvalue weighted by atomic mass is 16.3. The van der Waals surface area contributed by atoms with E-state index in [0.717, 1.165) is 0 Å². The van der Waals surface area contributed by atoms with Crippen LogP contribution in [-0.2, 0) is 9.59 Å². The number of hydrogen-bond donors (Lipinski definition) is 2. The van der Waals surface area contributed by atoms with E-state index in [-0.39, 0.29) is 12.3 Å². The minimum absolute atomic E-state index is 0.155. The molecular formula is C6H11NO3. The van der Waals surface area contributed by atoms with Gasteiger partial charge in [-0.2, -0.15) is 0 Å². The maximum Gasteiger partial charge on any atom is 0.216 e. The number of amides is 1. The first-order valence-electron chi connectivity index (χ1n) is 3.04. The fourth-order valence-electron chi connectivity index (χ4n) is 0.464. The number of hydrogen-bond acceptors (Lipinski definition) is 3. The van der Waals surface area contributed by atoms with Crippen LogP contribution in [0.15, 0.2) is 0 Å². The SMILES string of the molecule is CC(=O)NCC[C@H](O)C=O. The number of carbonyl (C=O) groups excluding carboxylic acids is 2.